The minimum absolute atomic E-state index is 0.153. The van der Waals surface area contributed by atoms with Gasteiger partial charge in [0.05, 0.1) is 6.61 Å². The fourth-order valence-corrected chi connectivity index (χ4v) is 1.67. The van der Waals surface area contributed by atoms with Gasteiger partial charge in [-0.25, -0.2) is 4.79 Å². The van der Waals surface area contributed by atoms with Gasteiger partial charge in [0.15, 0.2) is 0 Å². The number of aromatic carboxylic acids is 1. The monoisotopic (exact) mass is 198 g/mol. The van der Waals surface area contributed by atoms with Crippen LogP contribution in [0.1, 0.15) is 15.9 Å². The molecule has 0 fully saturated rings. The average molecular weight is 199 g/mol. The van der Waals surface area contributed by atoms with E-state index in [1.807, 2.05) is 0 Å². The highest BCUT2D eigenvalue weighted by Gasteiger charge is 2.21. The van der Waals surface area contributed by atoms with Crippen molar-refractivity contribution in [2.24, 2.45) is 0 Å². The molecule has 13 heavy (non-hydrogen) atoms. The normalized spacial score (nSPS) is 13.6. The third-order valence-corrected chi connectivity index (χ3v) is 2.20. The molecule has 0 saturated heterocycles. The number of carboxylic acids is 1. The van der Waals surface area contributed by atoms with E-state index >= 15 is 0 Å². The first kappa shape index (κ1) is 8.38. The highest BCUT2D eigenvalue weighted by molar-refractivity contribution is 6.31. The topological polar surface area (TPSA) is 46.5 Å². The van der Waals surface area contributed by atoms with E-state index in [4.69, 9.17) is 21.4 Å². The lowest BCUT2D eigenvalue weighted by atomic mass is 10.1. The van der Waals surface area contributed by atoms with E-state index in [1.165, 1.54) is 6.07 Å². The molecule has 2 rings (SSSR count). The average Bonchev–Trinajstić information content (AvgIpc) is 2.49. The van der Waals surface area contributed by atoms with Crippen molar-refractivity contribution < 1.29 is 14.6 Å². The number of ether oxygens (including phenoxy) is 1. The van der Waals surface area contributed by atoms with Gasteiger partial charge in [0.2, 0.25) is 0 Å². The molecule has 1 N–H and O–H groups in total. The van der Waals surface area contributed by atoms with Crippen molar-refractivity contribution in [2.75, 3.05) is 6.61 Å². The van der Waals surface area contributed by atoms with E-state index in [2.05, 4.69) is 0 Å². The van der Waals surface area contributed by atoms with Gasteiger partial charge in [-0.05, 0) is 17.7 Å². The molecule has 1 aromatic carbocycles. The molecule has 3 nitrogen and oxygen atoms in total. The number of hydrogen-bond acceptors (Lipinski definition) is 2. The van der Waals surface area contributed by atoms with Crippen molar-refractivity contribution in [1.82, 2.24) is 0 Å². The van der Waals surface area contributed by atoms with Crippen LogP contribution in [0, 0.1) is 0 Å². The maximum Gasteiger partial charge on any atom is 0.339 e. The second-order valence-corrected chi connectivity index (χ2v) is 3.28. The molecule has 0 unspecified atom stereocenters. The van der Waals surface area contributed by atoms with Crippen LogP contribution in [-0.4, -0.2) is 17.7 Å². The fourth-order valence-electron chi connectivity index (χ4n) is 1.43. The molecule has 0 bridgehead atoms. The number of hydrogen-bond donors (Lipinski definition) is 1. The number of halogens is 1. The number of rotatable bonds is 1. The number of benzene rings is 1. The highest BCUT2D eigenvalue weighted by atomic mass is 35.5. The zero-order chi connectivity index (χ0) is 9.42. The smallest absolute Gasteiger partial charge is 0.339 e. The zero-order valence-corrected chi connectivity index (χ0v) is 7.47. The van der Waals surface area contributed by atoms with E-state index in [0.717, 1.165) is 12.0 Å². The third kappa shape index (κ3) is 1.35. The van der Waals surface area contributed by atoms with Crippen molar-refractivity contribution >= 4 is 17.6 Å². The Kier molecular flexibility index (Phi) is 1.88. The van der Waals surface area contributed by atoms with Crippen molar-refractivity contribution in [3.63, 3.8) is 0 Å². The molecule has 0 amide bonds. The van der Waals surface area contributed by atoms with Crippen LogP contribution in [-0.2, 0) is 6.42 Å². The molecule has 0 atom stereocenters. The summed E-state index contributed by atoms with van der Waals surface area (Å²) in [6, 6.07) is 3.16. The lowest BCUT2D eigenvalue weighted by Gasteiger charge is -2.03. The first-order chi connectivity index (χ1) is 6.18. The van der Waals surface area contributed by atoms with Crippen LogP contribution in [0.4, 0.5) is 0 Å². The first-order valence-corrected chi connectivity index (χ1v) is 4.25. The van der Waals surface area contributed by atoms with Gasteiger partial charge in [-0.3, -0.25) is 0 Å². The second kappa shape index (κ2) is 2.92. The molecule has 1 aliphatic rings. The SMILES string of the molecule is O=C(O)c1cc(Cl)cc2c1OCC2. The van der Waals surface area contributed by atoms with E-state index in [9.17, 15) is 4.79 Å². The minimum Gasteiger partial charge on any atom is -0.492 e. The van der Waals surface area contributed by atoms with Crippen molar-refractivity contribution in [3.8, 4) is 5.75 Å². The van der Waals surface area contributed by atoms with Crippen molar-refractivity contribution in [3.05, 3.63) is 28.3 Å². The maximum absolute atomic E-state index is 10.8. The molecule has 4 heteroatoms. The number of fused-ring (bicyclic) bond motifs is 1. The molecule has 0 aliphatic carbocycles. The van der Waals surface area contributed by atoms with Gasteiger partial charge in [-0.2, -0.15) is 0 Å². The van der Waals surface area contributed by atoms with Crippen LogP contribution in [0.5, 0.6) is 5.75 Å². The zero-order valence-electron chi connectivity index (χ0n) is 6.71. The van der Waals surface area contributed by atoms with Crippen LogP contribution in [0.25, 0.3) is 0 Å². The molecule has 68 valence electrons. The standard InChI is InChI=1S/C9H7ClO3/c10-6-3-5-1-2-13-8(5)7(4-6)9(11)12/h3-4H,1-2H2,(H,11,12). The second-order valence-electron chi connectivity index (χ2n) is 2.85. The summed E-state index contributed by atoms with van der Waals surface area (Å²) >= 11 is 5.75. The largest absolute Gasteiger partial charge is 0.492 e. The van der Waals surface area contributed by atoms with Crippen LogP contribution in [0.2, 0.25) is 5.02 Å². The number of carboxylic acid groups (broad SMARTS) is 1. The molecule has 0 saturated carbocycles. The molecular formula is C9H7ClO3. The lowest BCUT2D eigenvalue weighted by molar-refractivity contribution is 0.0693. The third-order valence-electron chi connectivity index (χ3n) is 1.98. The first-order valence-electron chi connectivity index (χ1n) is 3.87. The maximum atomic E-state index is 10.8. The van der Waals surface area contributed by atoms with Gasteiger partial charge < -0.3 is 9.84 Å². The van der Waals surface area contributed by atoms with E-state index in [1.54, 1.807) is 6.07 Å². The Morgan fingerprint density at radius 1 is 1.54 bits per heavy atom. The van der Waals surface area contributed by atoms with E-state index < -0.39 is 5.97 Å². The Balaban J connectivity index is 2.62. The Morgan fingerprint density at radius 3 is 3.00 bits per heavy atom. The summed E-state index contributed by atoms with van der Waals surface area (Å²) in [5.74, 6) is -0.530. The van der Waals surface area contributed by atoms with Gasteiger partial charge in [0.1, 0.15) is 11.3 Å². The summed E-state index contributed by atoms with van der Waals surface area (Å²) < 4.78 is 5.21. The lowest BCUT2D eigenvalue weighted by Crippen LogP contribution is -1.99. The van der Waals surface area contributed by atoms with Gasteiger partial charge >= 0.3 is 5.97 Å². The van der Waals surface area contributed by atoms with Crippen molar-refractivity contribution in [2.45, 2.75) is 6.42 Å². The summed E-state index contributed by atoms with van der Waals surface area (Å²) in [5.41, 5.74) is 1.03. The quantitative estimate of drug-likeness (QED) is 0.751. The predicted molar refractivity (Wildman–Crippen MR) is 47.6 cm³/mol. The van der Waals surface area contributed by atoms with Crippen LogP contribution < -0.4 is 4.74 Å². The molecule has 0 aromatic heterocycles. The summed E-state index contributed by atoms with van der Waals surface area (Å²) in [7, 11) is 0. The fraction of sp³-hybridized carbons (Fsp3) is 0.222. The van der Waals surface area contributed by atoms with Crippen LogP contribution in [0.15, 0.2) is 12.1 Å². The van der Waals surface area contributed by atoms with Gasteiger partial charge in [0, 0.05) is 11.4 Å². The summed E-state index contributed by atoms with van der Waals surface area (Å²) in [6.45, 7) is 0.538. The summed E-state index contributed by atoms with van der Waals surface area (Å²) in [4.78, 5) is 10.8. The Hall–Kier alpha value is -1.22. The summed E-state index contributed by atoms with van der Waals surface area (Å²) in [5, 5.41) is 9.28. The van der Waals surface area contributed by atoms with Crippen molar-refractivity contribution in [1.29, 1.82) is 0 Å². The molecular weight excluding hydrogens is 192 g/mol. The molecule has 1 heterocycles. The van der Waals surface area contributed by atoms with E-state index in [-0.39, 0.29) is 5.56 Å². The van der Waals surface area contributed by atoms with Gasteiger partial charge in [-0.15, -0.1) is 0 Å². The predicted octanol–water partition coefficient (Wildman–Crippen LogP) is 1.97. The van der Waals surface area contributed by atoms with E-state index in [0.29, 0.717) is 17.4 Å². The molecule has 1 aliphatic heterocycles. The number of carbonyl (C=O) groups is 1. The Bertz CT molecular complexity index is 373. The minimum atomic E-state index is -0.999. The molecule has 0 radical (unpaired) electrons. The molecule has 0 spiro atoms. The summed E-state index contributed by atoms with van der Waals surface area (Å²) in [6.07, 6.45) is 0.732. The van der Waals surface area contributed by atoms with Gasteiger partial charge in [0.25, 0.3) is 0 Å². The molecule has 1 aromatic rings. The highest BCUT2D eigenvalue weighted by Crippen LogP contribution is 2.32. The van der Waals surface area contributed by atoms with Crippen LogP contribution in [0.3, 0.4) is 0 Å². The van der Waals surface area contributed by atoms with Gasteiger partial charge in [-0.1, -0.05) is 11.6 Å². The van der Waals surface area contributed by atoms with Crippen LogP contribution >= 0.6 is 11.6 Å². The Labute approximate surface area is 79.9 Å². The Morgan fingerprint density at radius 2 is 2.31 bits per heavy atom.